The van der Waals surface area contributed by atoms with E-state index in [2.05, 4.69) is 21.5 Å². The van der Waals surface area contributed by atoms with Crippen LogP contribution in [0.15, 0.2) is 41.4 Å². The van der Waals surface area contributed by atoms with Gasteiger partial charge in [0.05, 0.1) is 23.1 Å². The van der Waals surface area contributed by atoms with Crippen molar-refractivity contribution in [2.45, 2.75) is 20.8 Å². The standard InChI is InChI=1S/C15H16N4O3.C2H6/c1-5-9(2)12(15(16-3)22-4)14-17-10-7-6-8-11(19(20)21)13(10)18-14;1-2/h5-8H,1H2,2-4H3,(H,17,18);1-2H3/b12-9-,16-15?;. The summed E-state index contributed by atoms with van der Waals surface area (Å²) < 4.78 is 5.26. The molecule has 0 amide bonds. The van der Waals surface area contributed by atoms with Crippen molar-refractivity contribution in [2.75, 3.05) is 14.2 Å². The molecule has 0 saturated heterocycles. The number of hydrogen-bond acceptors (Lipinski definition) is 5. The first-order valence-corrected chi connectivity index (χ1v) is 7.51. The minimum absolute atomic E-state index is 0.0528. The van der Waals surface area contributed by atoms with Crippen molar-refractivity contribution in [2.24, 2.45) is 4.99 Å². The van der Waals surface area contributed by atoms with Gasteiger partial charge in [0.25, 0.3) is 5.69 Å². The van der Waals surface area contributed by atoms with Crippen LogP contribution >= 0.6 is 0 Å². The number of aromatic amines is 1. The zero-order chi connectivity index (χ0) is 18.3. The van der Waals surface area contributed by atoms with Crippen LogP contribution in [0.1, 0.15) is 26.6 Å². The van der Waals surface area contributed by atoms with E-state index in [1.807, 2.05) is 20.8 Å². The summed E-state index contributed by atoms with van der Waals surface area (Å²) in [7, 11) is 3.10. The van der Waals surface area contributed by atoms with Gasteiger partial charge in [0.1, 0.15) is 5.82 Å². The number of para-hydroxylation sites is 1. The summed E-state index contributed by atoms with van der Waals surface area (Å²) in [5.41, 5.74) is 2.23. The average Bonchev–Trinajstić information content (AvgIpc) is 3.03. The molecule has 0 atom stereocenters. The zero-order valence-electron chi connectivity index (χ0n) is 14.6. The van der Waals surface area contributed by atoms with Crippen LogP contribution in [0.5, 0.6) is 0 Å². The van der Waals surface area contributed by atoms with Crippen molar-refractivity contribution in [1.29, 1.82) is 0 Å². The third-order valence-corrected chi connectivity index (χ3v) is 3.24. The zero-order valence-corrected chi connectivity index (χ0v) is 14.6. The molecule has 2 rings (SSSR count). The summed E-state index contributed by atoms with van der Waals surface area (Å²) in [6, 6.07) is 4.76. The van der Waals surface area contributed by atoms with Gasteiger partial charge in [0.2, 0.25) is 5.90 Å². The number of allylic oxidation sites excluding steroid dienone is 2. The van der Waals surface area contributed by atoms with Crippen LogP contribution in [0.3, 0.4) is 0 Å². The molecule has 0 spiro atoms. The van der Waals surface area contributed by atoms with Gasteiger partial charge in [0, 0.05) is 13.1 Å². The summed E-state index contributed by atoms with van der Waals surface area (Å²) in [6.07, 6.45) is 1.65. The van der Waals surface area contributed by atoms with Gasteiger partial charge < -0.3 is 9.72 Å². The fourth-order valence-electron chi connectivity index (χ4n) is 2.15. The SMILES string of the molecule is C=C/C(C)=C(\C(=NC)OC)c1nc2c([N+](=O)[O-])cccc2[nH]1.CC. The maximum Gasteiger partial charge on any atom is 0.297 e. The Balaban J connectivity index is 0.00000139. The minimum atomic E-state index is -0.457. The van der Waals surface area contributed by atoms with Crippen LogP contribution in [0, 0.1) is 10.1 Å². The molecule has 24 heavy (non-hydrogen) atoms. The van der Waals surface area contributed by atoms with Crippen LogP contribution in [0.25, 0.3) is 16.6 Å². The number of ether oxygens (including phenoxy) is 1. The topological polar surface area (TPSA) is 93.4 Å². The summed E-state index contributed by atoms with van der Waals surface area (Å²) in [6.45, 7) is 9.58. The first-order chi connectivity index (χ1) is 11.5. The van der Waals surface area contributed by atoms with Gasteiger partial charge >= 0.3 is 0 Å². The summed E-state index contributed by atoms with van der Waals surface area (Å²) >= 11 is 0. The smallest absolute Gasteiger partial charge is 0.297 e. The molecule has 128 valence electrons. The van der Waals surface area contributed by atoms with Gasteiger partial charge in [-0.1, -0.05) is 32.6 Å². The Morgan fingerprint density at radius 3 is 2.62 bits per heavy atom. The number of nitro groups is 1. The molecule has 7 heteroatoms. The molecule has 1 heterocycles. The number of imidazole rings is 1. The lowest BCUT2D eigenvalue weighted by Crippen LogP contribution is -2.08. The number of non-ortho nitro benzene ring substituents is 1. The predicted octanol–water partition coefficient (Wildman–Crippen LogP) is 4.13. The summed E-state index contributed by atoms with van der Waals surface area (Å²) in [4.78, 5) is 22.2. The van der Waals surface area contributed by atoms with Crippen molar-refractivity contribution in [1.82, 2.24) is 9.97 Å². The number of nitrogens with one attached hydrogen (secondary N) is 1. The maximum atomic E-state index is 11.1. The van der Waals surface area contributed by atoms with E-state index in [9.17, 15) is 10.1 Å². The van der Waals surface area contributed by atoms with Crippen LogP contribution < -0.4 is 0 Å². The number of benzene rings is 1. The number of H-pyrrole nitrogens is 1. The normalized spacial score (nSPS) is 12.1. The summed E-state index contributed by atoms with van der Waals surface area (Å²) in [5.74, 6) is 0.822. The van der Waals surface area contributed by atoms with E-state index in [0.29, 0.717) is 28.3 Å². The first-order valence-electron chi connectivity index (χ1n) is 7.51. The average molecular weight is 330 g/mol. The van der Waals surface area contributed by atoms with Gasteiger partial charge in [-0.3, -0.25) is 15.1 Å². The van der Waals surface area contributed by atoms with Crippen molar-refractivity contribution in [3.05, 3.63) is 52.4 Å². The number of nitrogens with zero attached hydrogens (tertiary/aromatic N) is 3. The number of methoxy groups -OCH3 is 1. The molecule has 7 nitrogen and oxygen atoms in total. The highest BCUT2D eigenvalue weighted by molar-refractivity contribution is 6.20. The molecular formula is C17H22N4O3. The van der Waals surface area contributed by atoms with E-state index in [4.69, 9.17) is 4.74 Å². The number of rotatable bonds is 4. The molecule has 0 aliphatic rings. The van der Waals surface area contributed by atoms with E-state index in [-0.39, 0.29) is 5.69 Å². The molecule has 1 N–H and O–H groups in total. The highest BCUT2D eigenvalue weighted by Crippen LogP contribution is 2.27. The lowest BCUT2D eigenvalue weighted by atomic mass is 10.1. The molecule has 0 unspecified atom stereocenters. The van der Waals surface area contributed by atoms with Crippen LogP contribution in [0.2, 0.25) is 0 Å². The van der Waals surface area contributed by atoms with E-state index >= 15 is 0 Å². The minimum Gasteiger partial charge on any atom is -0.481 e. The Labute approximate surface area is 140 Å². The molecule has 1 aromatic heterocycles. The van der Waals surface area contributed by atoms with Gasteiger partial charge in [-0.05, 0) is 18.6 Å². The van der Waals surface area contributed by atoms with Gasteiger partial charge in [-0.25, -0.2) is 4.98 Å². The monoisotopic (exact) mass is 330 g/mol. The van der Waals surface area contributed by atoms with E-state index in [1.54, 1.807) is 25.3 Å². The Bertz CT molecular complexity index is 803. The fourth-order valence-corrected chi connectivity index (χ4v) is 2.15. The highest BCUT2D eigenvalue weighted by Gasteiger charge is 2.20. The lowest BCUT2D eigenvalue weighted by Gasteiger charge is -2.09. The van der Waals surface area contributed by atoms with E-state index < -0.39 is 4.92 Å². The second-order valence-electron chi connectivity index (χ2n) is 4.51. The van der Waals surface area contributed by atoms with Crippen LogP contribution in [-0.4, -0.2) is 34.9 Å². The molecular weight excluding hydrogens is 308 g/mol. The Morgan fingerprint density at radius 2 is 2.12 bits per heavy atom. The van der Waals surface area contributed by atoms with Crippen LogP contribution in [0.4, 0.5) is 5.69 Å². The first kappa shape index (κ1) is 19.1. The second kappa shape index (κ2) is 8.61. The molecule has 0 aliphatic heterocycles. The molecule has 0 bridgehead atoms. The van der Waals surface area contributed by atoms with Crippen molar-refractivity contribution >= 4 is 28.2 Å². The number of aromatic nitrogens is 2. The van der Waals surface area contributed by atoms with E-state index in [0.717, 1.165) is 5.57 Å². The van der Waals surface area contributed by atoms with Gasteiger partial charge in [0.15, 0.2) is 5.52 Å². The molecule has 2 aromatic rings. The molecule has 1 aromatic carbocycles. The number of nitro benzene ring substituents is 1. The van der Waals surface area contributed by atoms with Crippen molar-refractivity contribution < 1.29 is 9.66 Å². The molecule has 0 fully saturated rings. The quantitative estimate of drug-likeness (QED) is 0.300. The Morgan fingerprint density at radius 1 is 1.46 bits per heavy atom. The van der Waals surface area contributed by atoms with Gasteiger partial charge in [-0.15, -0.1) is 0 Å². The van der Waals surface area contributed by atoms with Crippen molar-refractivity contribution in [3.8, 4) is 0 Å². The van der Waals surface area contributed by atoms with E-state index in [1.165, 1.54) is 13.2 Å². The number of aliphatic imine (C=N–C) groups is 1. The summed E-state index contributed by atoms with van der Waals surface area (Å²) in [5, 5.41) is 11.1. The van der Waals surface area contributed by atoms with Crippen molar-refractivity contribution in [3.63, 3.8) is 0 Å². The molecule has 0 saturated carbocycles. The largest absolute Gasteiger partial charge is 0.481 e. The molecule has 0 radical (unpaired) electrons. The Hall–Kier alpha value is -2.96. The lowest BCUT2D eigenvalue weighted by molar-refractivity contribution is -0.383. The highest BCUT2D eigenvalue weighted by atomic mass is 16.6. The Kier molecular flexibility index (Phi) is 6.85. The molecule has 0 aliphatic carbocycles. The fraction of sp³-hybridized carbons (Fsp3) is 0.294. The van der Waals surface area contributed by atoms with Gasteiger partial charge in [-0.2, -0.15) is 0 Å². The van der Waals surface area contributed by atoms with Crippen LogP contribution in [-0.2, 0) is 4.74 Å². The number of fused-ring (bicyclic) bond motifs is 1. The second-order valence-corrected chi connectivity index (χ2v) is 4.51. The number of hydrogen-bond donors (Lipinski definition) is 1. The third-order valence-electron chi connectivity index (χ3n) is 3.24. The predicted molar refractivity (Wildman–Crippen MR) is 97.3 cm³/mol. The third kappa shape index (κ3) is 3.68. The maximum absolute atomic E-state index is 11.1.